The van der Waals surface area contributed by atoms with Crippen molar-refractivity contribution >= 4 is 33.6 Å². The van der Waals surface area contributed by atoms with E-state index in [2.05, 4.69) is 26.6 Å². The van der Waals surface area contributed by atoms with Crippen molar-refractivity contribution in [2.45, 2.75) is 12.5 Å². The first-order valence-corrected chi connectivity index (χ1v) is 6.26. The number of nitrogens with zero attached hydrogens (tertiary/aromatic N) is 1. The Balaban J connectivity index is 2.69. The van der Waals surface area contributed by atoms with Gasteiger partial charge in [-0.1, -0.05) is 15.9 Å². The van der Waals surface area contributed by atoms with Crippen molar-refractivity contribution in [1.29, 1.82) is 5.26 Å². The summed E-state index contributed by atoms with van der Waals surface area (Å²) in [5.74, 6) is -1.45. The van der Waals surface area contributed by atoms with E-state index >= 15 is 0 Å². The number of carbonyl (C=O) groups is 2. The second-order valence-corrected chi connectivity index (χ2v) is 5.10. The number of rotatable bonds is 4. The Morgan fingerprint density at radius 1 is 1.50 bits per heavy atom. The summed E-state index contributed by atoms with van der Waals surface area (Å²) >= 11 is 3.20. The predicted octanol–water partition coefficient (Wildman–Crippen LogP) is 1.28. The summed E-state index contributed by atoms with van der Waals surface area (Å²) in [4.78, 5) is 22.2. The van der Waals surface area contributed by atoms with Crippen LogP contribution in [0.1, 0.15) is 12.5 Å². The number of carbonyl (C=O) groups excluding carboxylic acids is 1. The van der Waals surface area contributed by atoms with Crippen molar-refractivity contribution in [3.05, 3.63) is 28.2 Å². The maximum atomic E-state index is 11.6. The number of hydrogen-bond donors (Lipinski definition) is 4. The number of nitriles is 1. The molecule has 0 saturated carbocycles. The van der Waals surface area contributed by atoms with Crippen molar-refractivity contribution < 1.29 is 19.8 Å². The van der Waals surface area contributed by atoms with Crippen LogP contribution < -0.4 is 10.6 Å². The van der Waals surface area contributed by atoms with Crippen LogP contribution in [0.25, 0.3) is 0 Å². The maximum Gasteiger partial charge on any atom is 0.337 e. The molecule has 0 saturated heterocycles. The number of urea groups is 1. The Kier molecular flexibility index (Phi) is 5.07. The fourth-order valence-electron chi connectivity index (χ4n) is 1.21. The number of hydrogen-bond acceptors (Lipinski definition) is 4. The molecule has 0 bridgehead atoms. The van der Waals surface area contributed by atoms with Gasteiger partial charge in [0.1, 0.15) is 6.07 Å². The summed E-state index contributed by atoms with van der Waals surface area (Å²) in [7, 11) is 0. The van der Waals surface area contributed by atoms with Crippen LogP contribution in [0.3, 0.4) is 0 Å². The molecule has 20 heavy (non-hydrogen) atoms. The number of nitrogens with one attached hydrogen (secondary N) is 2. The molecule has 106 valence electrons. The van der Waals surface area contributed by atoms with E-state index in [0.29, 0.717) is 4.47 Å². The smallest absolute Gasteiger partial charge is 0.337 e. The molecule has 1 aromatic carbocycles. The van der Waals surface area contributed by atoms with Crippen LogP contribution in [0.2, 0.25) is 0 Å². The number of carboxylic acids is 1. The third-order valence-electron chi connectivity index (χ3n) is 2.40. The van der Waals surface area contributed by atoms with Gasteiger partial charge < -0.3 is 20.8 Å². The lowest BCUT2D eigenvalue weighted by molar-refractivity contribution is -0.155. The van der Waals surface area contributed by atoms with Crippen molar-refractivity contribution in [3.8, 4) is 6.07 Å². The summed E-state index contributed by atoms with van der Waals surface area (Å²) in [6.07, 6.45) is 0. The van der Waals surface area contributed by atoms with Crippen molar-refractivity contribution in [2.75, 3.05) is 11.9 Å². The highest BCUT2D eigenvalue weighted by molar-refractivity contribution is 9.10. The molecule has 0 spiro atoms. The second-order valence-electron chi connectivity index (χ2n) is 4.19. The minimum atomic E-state index is -2.06. The first-order chi connectivity index (χ1) is 9.26. The fraction of sp³-hybridized carbons (Fsp3) is 0.250. The highest BCUT2D eigenvalue weighted by Gasteiger charge is 2.30. The van der Waals surface area contributed by atoms with E-state index in [9.17, 15) is 14.7 Å². The van der Waals surface area contributed by atoms with Crippen LogP contribution >= 0.6 is 15.9 Å². The summed E-state index contributed by atoms with van der Waals surface area (Å²) in [6, 6.07) is 5.90. The van der Waals surface area contributed by atoms with E-state index in [1.54, 1.807) is 6.07 Å². The average Bonchev–Trinajstić information content (AvgIpc) is 2.38. The van der Waals surface area contributed by atoms with Gasteiger partial charge in [-0.15, -0.1) is 0 Å². The molecule has 0 aromatic heterocycles. The third kappa shape index (κ3) is 4.22. The highest BCUT2D eigenvalue weighted by atomic mass is 79.9. The maximum absolute atomic E-state index is 11.6. The SMILES string of the molecule is CC(O)(CNC(=O)Nc1ccc(Br)cc1C#N)C(=O)O. The first-order valence-electron chi connectivity index (χ1n) is 5.46. The molecule has 4 N–H and O–H groups in total. The Hall–Kier alpha value is -2.11. The number of halogens is 1. The molecule has 2 amide bonds. The van der Waals surface area contributed by atoms with Crippen LogP contribution in [-0.2, 0) is 4.79 Å². The van der Waals surface area contributed by atoms with Crippen LogP contribution in [0.15, 0.2) is 22.7 Å². The van der Waals surface area contributed by atoms with Crippen LogP contribution in [0.5, 0.6) is 0 Å². The van der Waals surface area contributed by atoms with Crippen molar-refractivity contribution in [1.82, 2.24) is 5.32 Å². The topological polar surface area (TPSA) is 122 Å². The number of anilines is 1. The van der Waals surface area contributed by atoms with Gasteiger partial charge >= 0.3 is 12.0 Å². The number of aliphatic carboxylic acids is 1. The van der Waals surface area contributed by atoms with Crippen LogP contribution in [-0.4, -0.2) is 34.4 Å². The Morgan fingerprint density at radius 3 is 2.70 bits per heavy atom. The minimum Gasteiger partial charge on any atom is -0.479 e. The molecule has 0 aliphatic rings. The van der Waals surface area contributed by atoms with Gasteiger partial charge in [-0.3, -0.25) is 0 Å². The molecule has 0 fully saturated rings. The van der Waals surface area contributed by atoms with Crippen molar-refractivity contribution in [3.63, 3.8) is 0 Å². The molecule has 1 rings (SSSR count). The minimum absolute atomic E-state index is 0.250. The quantitative estimate of drug-likeness (QED) is 0.656. The van der Waals surface area contributed by atoms with Gasteiger partial charge in [0.25, 0.3) is 0 Å². The Morgan fingerprint density at radius 2 is 2.15 bits per heavy atom. The second kappa shape index (κ2) is 6.36. The zero-order chi connectivity index (χ0) is 15.3. The molecule has 8 heteroatoms. The van der Waals surface area contributed by atoms with E-state index in [0.717, 1.165) is 6.92 Å². The fourth-order valence-corrected chi connectivity index (χ4v) is 1.57. The lowest BCUT2D eigenvalue weighted by Gasteiger charge is -2.18. The normalized spacial score (nSPS) is 12.9. The number of aliphatic hydroxyl groups is 1. The van der Waals surface area contributed by atoms with Gasteiger partial charge in [0.15, 0.2) is 5.60 Å². The largest absolute Gasteiger partial charge is 0.479 e. The summed E-state index contributed by atoms with van der Waals surface area (Å²) in [5.41, 5.74) is -1.53. The highest BCUT2D eigenvalue weighted by Crippen LogP contribution is 2.20. The predicted molar refractivity (Wildman–Crippen MR) is 74.1 cm³/mol. The molecular formula is C12H12BrN3O4. The monoisotopic (exact) mass is 341 g/mol. The van der Waals surface area contributed by atoms with Gasteiger partial charge in [0, 0.05) is 4.47 Å². The molecule has 0 aliphatic carbocycles. The van der Waals surface area contributed by atoms with Gasteiger partial charge in [-0.25, -0.2) is 9.59 Å². The van der Waals surface area contributed by atoms with Gasteiger partial charge in [0.05, 0.1) is 17.8 Å². The van der Waals surface area contributed by atoms with Crippen molar-refractivity contribution in [2.24, 2.45) is 0 Å². The third-order valence-corrected chi connectivity index (χ3v) is 2.90. The zero-order valence-corrected chi connectivity index (χ0v) is 12.1. The standard InChI is InChI=1S/C12H12BrN3O4/c1-12(20,10(17)18)6-15-11(19)16-9-3-2-8(13)4-7(9)5-14/h2-4,20H,6H2,1H3,(H,17,18)(H2,15,16,19). The molecule has 0 heterocycles. The average molecular weight is 342 g/mol. The lowest BCUT2D eigenvalue weighted by atomic mass is 10.1. The van der Waals surface area contributed by atoms with E-state index < -0.39 is 24.1 Å². The first kappa shape index (κ1) is 15.9. The summed E-state index contributed by atoms with van der Waals surface area (Å²) in [6.45, 7) is 0.600. The van der Waals surface area contributed by atoms with E-state index in [1.807, 2.05) is 6.07 Å². The van der Waals surface area contributed by atoms with E-state index in [-0.39, 0.29) is 11.3 Å². The number of amides is 2. The number of benzene rings is 1. The molecule has 1 atom stereocenters. The molecule has 1 unspecified atom stereocenters. The summed E-state index contributed by atoms with van der Waals surface area (Å²) < 4.78 is 0.689. The number of carboxylic acid groups (broad SMARTS) is 1. The molecule has 0 radical (unpaired) electrons. The Bertz CT molecular complexity index is 581. The van der Waals surface area contributed by atoms with E-state index in [4.69, 9.17) is 10.4 Å². The van der Waals surface area contributed by atoms with Gasteiger partial charge in [-0.2, -0.15) is 5.26 Å². The summed E-state index contributed by atoms with van der Waals surface area (Å²) in [5, 5.41) is 31.7. The molecule has 7 nitrogen and oxygen atoms in total. The lowest BCUT2D eigenvalue weighted by Crippen LogP contribution is -2.47. The van der Waals surface area contributed by atoms with E-state index in [1.165, 1.54) is 12.1 Å². The van der Waals surface area contributed by atoms with Crippen LogP contribution in [0.4, 0.5) is 10.5 Å². The zero-order valence-electron chi connectivity index (χ0n) is 10.5. The molecular weight excluding hydrogens is 330 g/mol. The van der Waals surface area contributed by atoms with Gasteiger partial charge in [0.2, 0.25) is 0 Å². The van der Waals surface area contributed by atoms with Crippen LogP contribution in [0, 0.1) is 11.3 Å². The molecule has 0 aliphatic heterocycles. The van der Waals surface area contributed by atoms with Gasteiger partial charge in [-0.05, 0) is 25.1 Å². The molecule has 1 aromatic rings. The Labute approximate surface area is 123 Å².